The van der Waals surface area contributed by atoms with Crippen LogP contribution in [0.25, 0.3) is 0 Å². The van der Waals surface area contributed by atoms with E-state index in [0.717, 1.165) is 12.8 Å². The largest absolute Gasteiger partial charge is 0.481 e. The second-order valence-corrected chi connectivity index (χ2v) is 3.89. The number of halogens is 1. The summed E-state index contributed by atoms with van der Waals surface area (Å²) in [6.45, 7) is 6.30. The van der Waals surface area contributed by atoms with Crippen molar-refractivity contribution in [3.05, 3.63) is 0 Å². The van der Waals surface area contributed by atoms with Gasteiger partial charge in [-0.2, -0.15) is 0 Å². The van der Waals surface area contributed by atoms with Crippen molar-refractivity contribution in [2.24, 2.45) is 17.6 Å². The lowest BCUT2D eigenvalue weighted by Gasteiger charge is -2.24. The van der Waals surface area contributed by atoms with Crippen molar-refractivity contribution in [3.8, 4) is 0 Å². The van der Waals surface area contributed by atoms with Gasteiger partial charge in [0.15, 0.2) is 0 Å². The predicted octanol–water partition coefficient (Wildman–Crippen LogP) is 2.28. The van der Waals surface area contributed by atoms with E-state index in [4.69, 9.17) is 10.8 Å². The molecule has 3 N–H and O–H groups in total. The number of carbonyl (C=O) groups is 1. The summed E-state index contributed by atoms with van der Waals surface area (Å²) in [6, 6.07) is -0.209. The van der Waals surface area contributed by atoms with Gasteiger partial charge in [-0.1, -0.05) is 33.6 Å². The molecule has 0 bridgehead atoms. The van der Waals surface area contributed by atoms with Crippen LogP contribution in [0.15, 0.2) is 0 Å². The molecule has 0 aromatic rings. The average molecular weight is 224 g/mol. The highest BCUT2D eigenvalue weighted by molar-refractivity contribution is 5.85. The predicted molar refractivity (Wildman–Crippen MR) is 60.7 cm³/mol. The summed E-state index contributed by atoms with van der Waals surface area (Å²) in [4.78, 5) is 10.4. The summed E-state index contributed by atoms with van der Waals surface area (Å²) >= 11 is 0. The molecule has 0 aromatic heterocycles. The second kappa shape index (κ2) is 8.06. The van der Waals surface area contributed by atoms with Crippen LogP contribution in [0.1, 0.15) is 40.0 Å². The Morgan fingerprint density at radius 1 is 1.43 bits per heavy atom. The van der Waals surface area contributed by atoms with Gasteiger partial charge in [-0.05, 0) is 11.8 Å². The normalized spacial score (nSPS) is 16.6. The van der Waals surface area contributed by atoms with E-state index in [9.17, 15) is 4.79 Å². The van der Waals surface area contributed by atoms with Gasteiger partial charge in [-0.25, -0.2) is 0 Å². The summed E-state index contributed by atoms with van der Waals surface area (Å²) in [6.07, 6.45) is 2.33. The smallest absolute Gasteiger partial charge is 0.304 e. The lowest BCUT2D eigenvalue weighted by molar-refractivity contribution is -0.137. The molecule has 0 aliphatic rings. The Balaban J connectivity index is 0. The number of carboxylic acids is 1. The van der Waals surface area contributed by atoms with Crippen LogP contribution in [0.3, 0.4) is 0 Å². The fourth-order valence-corrected chi connectivity index (χ4v) is 1.53. The first-order chi connectivity index (χ1) is 5.99. The average Bonchev–Trinajstić information content (AvgIpc) is 2.02. The van der Waals surface area contributed by atoms with E-state index < -0.39 is 5.97 Å². The SMILES string of the molecule is CCCC(C)C(C)C(N)CC(=O)O.Cl. The molecule has 0 fully saturated rings. The maximum atomic E-state index is 10.4. The fourth-order valence-electron chi connectivity index (χ4n) is 1.53. The molecule has 0 aliphatic heterocycles. The van der Waals surface area contributed by atoms with E-state index in [0.29, 0.717) is 5.92 Å². The molecule has 86 valence electrons. The minimum absolute atomic E-state index is 0. The van der Waals surface area contributed by atoms with Crippen molar-refractivity contribution < 1.29 is 9.90 Å². The van der Waals surface area contributed by atoms with Gasteiger partial charge in [0, 0.05) is 6.04 Å². The highest BCUT2D eigenvalue weighted by atomic mass is 35.5. The van der Waals surface area contributed by atoms with Crippen LogP contribution in [0, 0.1) is 11.8 Å². The minimum Gasteiger partial charge on any atom is -0.481 e. The third-order valence-corrected chi connectivity index (χ3v) is 2.73. The Kier molecular flexibility index (Phi) is 9.31. The van der Waals surface area contributed by atoms with Crippen LogP contribution in [-0.4, -0.2) is 17.1 Å². The molecule has 0 spiro atoms. The molecule has 0 rings (SSSR count). The zero-order valence-corrected chi connectivity index (χ0v) is 10.0. The summed E-state index contributed by atoms with van der Waals surface area (Å²) in [5.41, 5.74) is 5.77. The number of rotatable bonds is 6. The molecule has 0 aromatic carbocycles. The molecule has 0 saturated carbocycles. The first kappa shape index (κ1) is 16.2. The van der Waals surface area contributed by atoms with Gasteiger partial charge in [-0.15, -0.1) is 12.4 Å². The van der Waals surface area contributed by atoms with Crippen LogP contribution < -0.4 is 5.73 Å². The molecule has 4 heteroatoms. The molecule has 0 aliphatic carbocycles. The Bertz CT molecular complexity index is 164. The third-order valence-electron chi connectivity index (χ3n) is 2.73. The van der Waals surface area contributed by atoms with Gasteiger partial charge in [-0.3, -0.25) is 4.79 Å². The Labute approximate surface area is 92.5 Å². The van der Waals surface area contributed by atoms with Crippen molar-refractivity contribution in [1.82, 2.24) is 0 Å². The highest BCUT2D eigenvalue weighted by Crippen LogP contribution is 2.20. The Morgan fingerprint density at radius 2 is 1.93 bits per heavy atom. The van der Waals surface area contributed by atoms with Crippen molar-refractivity contribution in [1.29, 1.82) is 0 Å². The van der Waals surface area contributed by atoms with Crippen LogP contribution in [0.2, 0.25) is 0 Å². The van der Waals surface area contributed by atoms with Crippen molar-refractivity contribution >= 4 is 18.4 Å². The van der Waals surface area contributed by atoms with Gasteiger partial charge in [0.1, 0.15) is 0 Å². The number of hydrogen-bond acceptors (Lipinski definition) is 2. The number of aliphatic carboxylic acids is 1. The quantitative estimate of drug-likeness (QED) is 0.726. The minimum atomic E-state index is -0.803. The van der Waals surface area contributed by atoms with E-state index in [2.05, 4.69) is 13.8 Å². The monoisotopic (exact) mass is 223 g/mol. The molecule has 3 unspecified atom stereocenters. The lowest BCUT2D eigenvalue weighted by Crippen LogP contribution is -2.34. The molecule has 0 saturated heterocycles. The second-order valence-electron chi connectivity index (χ2n) is 3.89. The standard InChI is InChI=1S/C10H21NO2.ClH/c1-4-5-7(2)8(3)9(11)6-10(12)13;/h7-9H,4-6,11H2,1-3H3,(H,12,13);1H. The summed E-state index contributed by atoms with van der Waals surface area (Å²) < 4.78 is 0. The number of nitrogens with two attached hydrogens (primary N) is 1. The molecular formula is C10H22ClNO2. The molecule has 14 heavy (non-hydrogen) atoms. The highest BCUT2D eigenvalue weighted by Gasteiger charge is 2.20. The Morgan fingerprint density at radius 3 is 2.29 bits per heavy atom. The van der Waals surface area contributed by atoms with Gasteiger partial charge in [0.25, 0.3) is 0 Å². The third kappa shape index (κ3) is 6.22. The summed E-state index contributed by atoms with van der Waals surface area (Å²) in [7, 11) is 0. The maximum absolute atomic E-state index is 10.4. The number of carboxylic acid groups (broad SMARTS) is 1. The molecular weight excluding hydrogens is 202 g/mol. The summed E-state index contributed by atoms with van der Waals surface area (Å²) in [5, 5.41) is 8.56. The molecule has 0 radical (unpaired) electrons. The van der Waals surface area contributed by atoms with Gasteiger partial charge in [0.2, 0.25) is 0 Å². The van der Waals surface area contributed by atoms with Crippen molar-refractivity contribution in [3.63, 3.8) is 0 Å². The molecule has 3 nitrogen and oxygen atoms in total. The fraction of sp³-hybridized carbons (Fsp3) is 0.900. The first-order valence-corrected chi connectivity index (χ1v) is 4.96. The molecule has 3 atom stereocenters. The Hall–Kier alpha value is -0.280. The van der Waals surface area contributed by atoms with Crippen LogP contribution >= 0.6 is 12.4 Å². The molecule has 0 amide bonds. The zero-order valence-electron chi connectivity index (χ0n) is 9.19. The van der Waals surface area contributed by atoms with Crippen LogP contribution in [0.4, 0.5) is 0 Å². The van der Waals surface area contributed by atoms with Crippen LogP contribution in [0.5, 0.6) is 0 Å². The van der Waals surface area contributed by atoms with E-state index in [1.165, 1.54) is 0 Å². The van der Waals surface area contributed by atoms with Crippen molar-refractivity contribution in [2.45, 2.75) is 46.1 Å². The van der Waals surface area contributed by atoms with Crippen LogP contribution in [-0.2, 0) is 4.79 Å². The van der Waals surface area contributed by atoms with Crippen molar-refractivity contribution in [2.75, 3.05) is 0 Å². The van der Waals surface area contributed by atoms with Gasteiger partial charge >= 0.3 is 5.97 Å². The number of hydrogen-bond donors (Lipinski definition) is 2. The van der Waals surface area contributed by atoms with E-state index in [1.807, 2.05) is 6.92 Å². The zero-order chi connectivity index (χ0) is 10.4. The first-order valence-electron chi connectivity index (χ1n) is 4.96. The lowest BCUT2D eigenvalue weighted by atomic mass is 9.85. The van der Waals surface area contributed by atoms with E-state index in [1.54, 1.807) is 0 Å². The summed E-state index contributed by atoms with van der Waals surface area (Å²) in [5.74, 6) is -0.00144. The topological polar surface area (TPSA) is 63.3 Å². The van der Waals surface area contributed by atoms with E-state index >= 15 is 0 Å². The maximum Gasteiger partial charge on any atom is 0.304 e. The molecule has 0 heterocycles. The van der Waals surface area contributed by atoms with E-state index in [-0.39, 0.29) is 30.8 Å². The van der Waals surface area contributed by atoms with Gasteiger partial charge < -0.3 is 10.8 Å². The van der Waals surface area contributed by atoms with Gasteiger partial charge in [0.05, 0.1) is 6.42 Å².